The van der Waals surface area contributed by atoms with Gasteiger partial charge in [-0.05, 0) is 38.5 Å². The molecule has 2 aromatic rings. The number of carbonyl (C=O) groups is 2. The molecule has 9 nitrogen and oxygen atoms in total. The van der Waals surface area contributed by atoms with Gasteiger partial charge in [0.1, 0.15) is 18.2 Å². The number of halogens is 1. The summed E-state index contributed by atoms with van der Waals surface area (Å²) in [6, 6.07) is 5.48. The lowest BCUT2D eigenvalue weighted by Crippen LogP contribution is -2.41. The standard InChI is InChI=1S/C19H23FN4O5/c1-19(2,3)24-18(28)29-9-8-13-22-14(15(25)17(27)23-13)16(26)21-10-11-4-6-12(20)7-5-11/h4-7,25H,8-10H2,1-3H3,(H,21,26)(H,24,28)(H,22,23,27). The van der Waals surface area contributed by atoms with Crippen LogP contribution in [0.3, 0.4) is 0 Å². The highest BCUT2D eigenvalue weighted by atomic mass is 19.1. The number of aromatic hydroxyl groups is 1. The van der Waals surface area contributed by atoms with Crippen LogP contribution in [0.1, 0.15) is 42.6 Å². The first kappa shape index (κ1) is 21.9. The first-order valence-electron chi connectivity index (χ1n) is 8.85. The predicted molar refractivity (Wildman–Crippen MR) is 102 cm³/mol. The topological polar surface area (TPSA) is 133 Å². The molecule has 0 saturated carbocycles. The van der Waals surface area contributed by atoms with Crippen LogP contribution in [0.25, 0.3) is 0 Å². The van der Waals surface area contributed by atoms with Crippen molar-refractivity contribution in [2.45, 2.75) is 39.3 Å². The molecule has 0 aliphatic heterocycles. The number of aromatic amines is 1. The van der Waals surface area contributed by atoms with Crippen LogP contribution in [0, 0.1) is 5.82 Å². The number of nitrogens with zero attached hydrogens (tertiary/aromatic N) is 1. The van der Waals surface area contributed by atoms with Crippen LogP contribution < -0.4 is 16.2 Å². The SMILES string of the molecule is CC(C)(C)NC(=O)OCCc1nc(C(=O)NCc2ccc(F)cc2)c(O)c(=O)[nH]1. The number of ether oxygens (including phenoxy) is 1. The maximum atomic E-state index is 12.9. The summed E-state index contributed by atoms with van der Waals surface area (Å²) in [6.07, 6.45) is -0.596. The summed E-state index contributed by atoms with van der Waals surface area (Å²) >= 11 is 0. The summed E-state index contributed by atoms with van der Waals surface area (Å²) in [4.78, 5) is 42.1. The van der Waals surface area contributed by atoms with Gasteiger partial charge in [-0.25, -0.2) is 14.2 Å². The minimum Gasteiger partial charge on any atom is -0.501 e. The third-order valence-electron chi connectivity index (χ3n) is 3.57. The predicted octanol–water partition coefficient (Wildman–Crippen LogP) is 1.61. The van der Waals surface area contributed by atoms with E-state index < -0.39 is 40.4 Å². The second-order valence-corrected chi connectivity index (χ2v) is 7.28. The number of rotatable bonds is 6. The highest BCUT2D eigenvalue weighted by Gasteiger charge is 2.18. The van der Waals surface area contributed by atoms with Gasteiger partial charge in [-0.15, -0.1) is 0 Å². The second kappa shape index (κ2) is 9.18. The van der Waals surface area contributed by atoms with Crippen LogP contribution in [-0.4, -0.2) is 39.2 Å². The van der Waals surface area contributed by atoms with Crippen LogP contribution in [0.15, 0.2) is 29.1 Å². The molecule has 10 heteroatoms. The summed E-state index contributed by atoms with van der Waals surface area (Å²) in [5.74, 6) is -1.93. The number of carbonyl (C=O) groups excluding carboxylic acids is 2. The number of amides is 2. The summed E-state index contributed by atoms with van der Waals surface area (Å²) in [7, 11) is 0. The van der Waals surface area contributed by atoms with Crippen molar-refractivity contribution in [3.63, 3.8) is 0 Å². The Kier molecular flexibility index (Phi) is 6.92. The van der Waals surface area contributed by atoms with Gasteiger partial charge in [-0.3, -0.25) is 9.59 Å². The zero-order chi connectivity index (χ0) is 21.6. The van der Waals surface area contributed by atoms with Crippen molar-refractivity contribution in [3.8, 4) is 5.75 Å². The van der Waals surface area contributed by atoms with E-state index in [-0.39, 0.29) is 25.4 Å². The molecular formula is C19H23FN4O5. The highest BCUT2D eigenvalue weighted by molar-refractivity contribution is 5.94. The van der Waals surface area contributed by atoms with Crippen molar-refractivity contribution in [3.05, 3.63) is 57.5 Å². The summed E-state index contributed by atoms with van der Waals surface area (Å²) in [5.41, 5.74) is -1.17. The van der Waals surface area contributed by atoms with E-state index in [1.165, 1.54) is 24.3 Å². The molecule has 0 atom stereocenters. The Labute approximate surface area is 166 Å². The third-order valence-corrected chi connectivity index (χ3v) is 3.57. The number of benzene rings is 1. The number of aromatic nitrogens is 2. The molecule has 4 N–H and O–H groups in total. The monoisotopic (exact) mass is 406 g/mol. The maximum absolute atomic E-state index is 12.9. The number of nitrogens with one attached hydrogen (secondary N) is 3. The van der Waals surface area contributed by atoms with Crippen molar-refractivity contribution in [1.82, 2.24) is 20.6 Å². The van der Waals surface area contributed by atoms with Crippen LogP contribution in [0.5, 0.6) is 5.75 Å². The molecule has 2 rings (SSSR count). The molecule has 2 amide bonds. The minimum absolute atomic E-state index is 0.0331. The molecule has 1 aromatic heterocycles. The molecule has 0 saturated heterocycles. The molecular weight excluding hydrogens is 383 g/mol. The molecule has 0 aliphatic carbocycles. The molecule has 1 heterocycles. The lowest BCUT2D eigenvalue weighted by molar-refractivity contribution is 0.0941. The average molecular weight is 406 g/mol. The fourth-order valence-corrected chi connectivity index (χ4v) is 2.24. The van der Waals surface area contributed by atoms with Crippen molar-refractivity contribution in [2.24, 2.45) is 0 Å². The van der Waals surface area contributed by atoms with Crippen molar-refractivity contribution in [1.29, 1.82) is 0 Å². The molecule has 0 unspecified atom stereocenters. The van der Waals surface area contributed by atoms with Gasteiger partial charge >= 0.3 is 6.09 Å². The van der Waals surface area contributed by atoms with E-state index in [1.54, 1.807) is 20.8 Å². The van der Waals surface area contributed by atoms with E-state index in [9.17, 15) is 23.9 Å². The largest absolute Gasteiger partial charge is 0.501 e. The molecule has 29 heavy (non-hydrogen) atoms. The first-order valence-corrected chi connectivity index (χ1v) is 8.85. The van der Waals surface area contributed by atoms with Gasteiger partial charge < -0.3 is 25.5 Å². The summed E-state index contributed by atoms with van der Waals surface area (Å²) in [6.45, 7) is 5.35. The number of hydrogen-bond acceptors (Lipinski definition) is 6. The van der Waals surface area contributed by atoms with E-state index >= 15 is 0 Å². The van der Waals surface area contributed by atoms with E-state index in [0.717, 1.165) is 0 Å². The van der Waals surface area contributed by atoms with E-state index in [0.29, 0.717) is 5.56 Å². The number of alkyl carbamates (subject to hydrolysis) is 1. The Morgan fingerprint density at radius 3 is 2.52 bits per heavy atom. The van der Waals surface area contributed by atoms with Crippen molar-refractivity contribution < 1.29 is 23.8 Å². The van der Waals surface area contributed by atoms with Gasteiger partial charge in [0.05, 0.1) is 0 Å². The average Bonchev–Trinajstić information content (AvgIpc) is 2.62. The zero-order valence-electron chi connectivity index (χ0n) is 16.3. The van der Waals surface area contributed by atoms with E-state index in [2.05, 4.69) is 20.6 Å². The van der Waals surface area contributed by atoms with Gasteiger partial charge in [0.2, 0.25) is 5.75 Å². The third kappa shape index (κ3) is 6.91. The quantitative estimate of drug-likeness (QED) is 0.576. The number of hydrogen-bond donors (Lipinski definition) is 4. The van der Waals surface area contributed by atoms with E-state index in [1.807, 2.05) is 0 Å². The van der Waals surface area contributed by atoms with Gasteiger partial charge in [-0.2, -0.15) is 0 Å². The van der Waals surface area contributed by atoms with Crippen molar-refractivity contribution >= 4 is 12.0 Å². The van der Waals surface area contributed by atoms with E-state index in [4.69, 9.17) is 4.74 Å². The first-order chi connectivity index (χ1) is 13.5. The number of H-pyrrole nitrogens is 1. The summed E-state index contributed by atoms with van der Waals surface area (Å²) in [5, 5.41) is 15.0. The van der Waals surface area contributed by atoms with Crippen LogP contribution in [-0.2, 0) is 17.7 Å². The van der Waals surface area contributed by atoms with Gasteiger partial charge in [0, 0.05) is 18.5 Å². The van der Waals surface area contributed by atoms with Gasteiger partial charge in [-0.1, -0.05) is 12.1 Å². The molecule has 0 spiro atoms. The van der Waals surface area contributed by atoms with Crippen LogP contribution >= 0.6 is 0 Å². The zero-order valence-corrected chi connectivity index (χ0v) is 16.3. The van der Waals surface area contributed by atoms with Crippen molar-refractivity contribution in [2.75, 3.05) is 6.61 Å². The Hall–Kier alpha value is -3.43. The Bertz CT molecular complexity index is 935. The van der Waals surface area contributed by atoms with Gasteiger partial charge in [0.15, 0.2) is 5.69 Å². The fraction of sp³-hybridized carbons (Fsp3) is 0.368. The Morgan fingerprint density at radius 1 is 1.24 bits per heavy atom. The second-order valence-electron chi connectivity index (χ2n) is 7.28. The smallest absolute Gasteiger partial charge is 0.407 e. The maximum Gasteiger partial charge on any atom is 0.407 e. The highest BCUT2D eigenvalue weighted by Crippen LogP contribution is 2.09. The lowest BCUT2D eigenvalue weighted by Gasteiger charge is -2.19. The normalized spacial score (nSPS) is 11.0. The van der Waals surface area contributed by atoms with Crippen LogP contribution in [0.4, 0.5) is 9.18 Å². The molecule has 0 aliphatic rings. The molecule has 0 radical (unpaired) electrons. The van der Waals surface area contributed by atoms with Crippen LogP contribution in [0.2, 0.25) is 0 Å². The molecule has 1 aromatic carbocycles. The minimum atomic E-state index is -0.888. The Balaban J connectivity index is 2.00. The fourth-order valence-electron chi connectivity index (χ4n) is 2.24. The summed E-state index contributed by atoms with van der Waals surface area (Å²) < 4.78 is 17.9. The molecule has 0 fully saturated rings. The van der Waals surface area contributed by atoms with Gasteiger partial charge in [0.25, 0.3) is 11.5 Å². The molecule has 0 bridgehead atoms. The molecule has 156 valence electrons. The Morgan fingerprint density at radius 2 is 1.90 bits per heavy atom. The lowest BCUT2D eigenvalue weighted by atomic mass is 10.1.